The molecule has 1 aromatic rings. The lowest BCUT2D eigenvalue weighted by Crippen LogP contribution is -2.22. The quantitative estimate of drug-likeness (QED) is 0.783. The number of rotatable bonds is 6. The van der Waals surface area contributed by atoms with E-state index >= 15 is 0 Å². The fourth-order valence-electron chi connectivity index (χ4n) is 3.06. The molecule has 0 saturated heterocycles. The van der Waals surface area contributed by atoms with E-state index in [1.807, 2.05) is 18.2 Å². The molecular formula is C17H26N2O. The van der Waals surface area contributed by atoms with E-state index in [4.69, 9.17) is 5.73 Å². The lowest BCUT2D eigenvalue weighted by Gasteiger charge is -2.26. The van der Waals surface area contributed by atoms with Gasteiger partial charge in [0.15, 0.2) is 0 Å². The number of benzene rings is 1. The molecule has 20 heavy (non-hydrogen) atoms. The van der Waals surface area contributed by atoms with E-state index in [1.165, 1.54) is 32.1 Å². The molecule has 1 aliphatic rings. The monoisotopic (exact) mass is 274 g/mol. The molecule has 2 rings (SSSR count). The second kappa shape index (κ2) is 7.44. The molecule has 3 N–H and O–H groups in total. The standard InChI is InChI=1S/C17H26N2O/c1-13-6-8-14(9-7-13)10-11-19-12-15-4-2-3-5-16(15)17(18)20/h2-5,13-14,19H,6-12H2,1H3,(H2,18,20). The van der Waals surface area contributed by atoms with Gasteiger partial charge in [0.2, 0.25) is 5.91 Å². The molecule has 0 aromatic heterocycles. The third-order valence-electron chi connectivity index (χ3n) is 4.46. The zero-order valence-corrected chi connectivity index (χ0v) is 12.4. The van der Waals surface area contributed by atoms with Crippen LogP contribution in [0.4, 0.5) is 0 Å². The van der Waals surface area contributed by atoms with E-state index in [1.54, 1.807) is 6.07 Å². The van der Waals surface area contributed by atoms with Gasteiger partial charge in [-0.1, -0.05) is 50.8 Å². The Morgan fingerprint density at radius 2 is 1.95 bits per heavy atom. The molecule has 0 unspecified atom stereocenters. The molecule has 1 amide bonds. The van der Waals surface area contributed by atoms with Gasteiger partial charge in [0.1, 0.15) is 0 Å². The van der Waals surface area contributed by atoms with E-state index in [0.29, 0.717) is 5.56 Å². The molecule has 0 radical (unpaired) electrons. The summed E-state index contributed by atoms with van der Waals surface area (Å²) in [6.07, 6.45) is 6.76. The van der Waals surface area contributed by atoms with Crippen LogP contribution in [0, 0.1) is 11.8 Å². The molecule has 1 saturated carbocycles. The fraction of sp³-hybridized carbons (Fsp3) is 0.588. The summed E-state index contributed by atoms with van der Waals surface area (Å²) in [5.74, 6) is 1.45. The minimum absolute atomic E-state index is 0.344. The highest BCUT2D eigenvalue weighted by atomic mass is 16.1. The van der Waals surface area contributed by atoms with Gasteiger partial charge in [-0.2, -0.15) is 0 Å². The van der Waals surface area contributed by atoms with Crippen LogP contribution in [0.2, 0.25) is 0 Å². The summed E-state index contributed by atoms with van der Waals surface area (Å²) in [5.41, 5.74) is 7.01. The van der Waals surface area contributed by atoms with Crippen molar-refractivity contribution >= 4 is 5.91 Å². The molecule has 0 spiro atoms. The summed E-state index contributed by atoms with van der Waals surface area (Å²) >= 11 is 0. The van der Waals surface area contributed by atoms with Crippen LogP contribution in [0.5, 0.6) is 0 Å². The number of primary amides is 1. The Hall–Kier alpha value is -1.35. The molecule has 1 aliphatic carbocycles. The first-order chi connectivity index (χ1) is 9.66. The van der Waals surface area contributed by atoms with E-state index < -0.39 is 0 Å². The van der Waals surface area contributed by atoms with Gasteiger partial charge in [-0.25, -0.2) is 0 Å². The van der Waals surface area contributed by atoms with Crippen molar-refractivity contribution in [3.63, 3.8) is 0 Å². The van der Waals surface area contributed by atoms with Crippen molar-refractivity contribution in [2.75, 3.05) is 6.54 Å². The van der Waals surface area contributed by atoms with Gasteiger partial charge in [-0.05, 0) is 36.4 Å². The zero-order valence-electron chi connectivity index (χ0n) is 12.4. The van der Waals surface area contributed by atoms with Gasteiger partial charge < -0.3 is 11.1 Å². The SMILES string of the molecule is CC1CCC(CCNCc2ccccc2C(N)=O)CC1. The van der Waals surface area contributed by atoms with Crippen molar-refractivity contribution in [3.05, 3.63) is 35.4 Å². The number of hydrogen-bond acceptors (Lipinski definition) is 2. The van der Waals surface area contributed by atoms with Crippen LogP contribution in [-0.2, 0) is 6.54 Å². The number of nitrogens with one attached hydrogen (secondary N) is 1. The van der Waals surface area contributed by atoms with Gasteiger partial charge in [-0.3, -0.25) is 4.79 Å². The summed E-state index contributed by atoms with van der Waals surface area (Å²) in [4.78, 5) is 11.3. The molecule has 3 heteroatoms. The highest BCUT2D eigenvalue weighted by Gasteiger charge is 2.17. The molecule has 0 heterocycles. The molecule has 3 nitrogen and oxygen atoms in total. The largest absolute Gasteiger partial charge is 0.366 e. The summed E-state index contributed by atoms with van der Waals surface area (Å²) in [5, 5.41) is 3.45. The molecule has 1 aromatic carbocycles. The lowest BCUT2D eigenvalue weighted by molar-refractivity contribution is 0.0999. The van der Waals surface area contributed by atoms with Crippen LogP contribution in [-0.4, -0.2) is 12.5 Å². The van der Waals surface area contributed by atoms with Crippen molar-refractivity contribution in [2.45, 2.75) is 45.6 Å². The second-order valence-corrected chi connectivity index (χ2v) is 6.11. The van der Waals surface area contributed by atoms with Crippen LogP contribution >= 0.6 is 0 Å². The summed E-state index contributed by atoms with van der Waals surface area (Å²) in [6.45, 7) is 4.10. The number of nitrogens with two attached hydrogens (primary N) is 1. The molecule has 1 fully saturated rings. The van der Waals surface area contributed by atoms with Crippen LogP contribution < -0.4 is 11.1 Å². The highest BCUT2D eigenvalue weighted by molar-refractivity contribution is 5.94. The molecule has 110 valence electrons. The molecule has 0 atom stereocenters. The predicted octanol–water partition coefficient (Wildman–Crippen LogP) is 3.09. The van der Waals surface area contributed by atoms with Crippen molar-refractivity contribution in [2.24, 2.45) is 17.6 Å². The highest BCUT2D eigenvalue weighted by Crippen LogP contribution is 2.29. The van der Waals surface area contributed by atoms with E-state index in [2.05, 4.69) is 12.2 Å². The van der Waals surface area contributed by atoms with Crippen molar-refractivity contribution in [1.29, 1.82) is 0 Å². The summed E-state index contributed by atoms with van der Waals surface area (Å²) in [6, 6.07) is 7.57. The van der Waals surface area contributed by atoms with E-state index in [-0.39, 0.29) is 5.91 Å². The average molecular weight is 274 g/mol. The van der Waals surface area contributed by atoms with Crippen LogP contribution in [0.1, 0.15) is 54.9 Å². The Morgan fingerprint density at radius 3 is 2.65 bits per heavy atom. The Labute approximate surface area is 121 Å². The normalized spacial score (nSPS) is 22.6. The van der Waals surface area contributed by atoms with Gasteiger partial charge in [0.05, 0.1) is 0 Å². The first-order valence-electron chi connectivity index (χ1n) is 7.75. The van der Waals surface area contributed by atoms with Gasteiger partial charge in [-0.15, -0.1) is 0 Å². The Balaban J connectivity index is 1.72. The zero-order chi connectivity index (χ0) is 14.4. The summed E-state index contributed by atoms with van der Waals surface area (Å²) < 4.78 is 0. The first kappa shape index (κ1) is 15.0. The average Bonchev–Trinajstić information content (AvgIpc) is 2.46. The Morgan fingerprint density at radius 1 is 1.25 bits per heavy atom. The Kier molecular flexibility index (Phi) is 5.60. The maximum absolute atomic E-state index is 11.3. The van der Waals surface area contributed by atoms with Crippen molar-refractivity contribution in [1.82, 2.24) is 5.32 Å². The topological polar surface area (TPSA) is 55.1 Å². The van der Waals surface area contributed by atoms with Crippen molar-refractivity contribution < 1.29 is 4.79 Å². The third-order valence-corrected chi connectivity index (χ3v) is 4.46. The number of carbonyl (C=O) groups is 1. The van der Waals surface area contributed by atoms with Crippen LogP contribution in [0.15, 0.2) is 24.3 Å². The van der Waals surface area contributed by atoms with Crippen molar-refractivity contribution in [3.8, 4) is 0 Å². The van der Waals surface area contributed by atoms with Gasteiger partial charge in [0, 0.05) is 12.1 Å². The number of amides is 1. The molecular weight excluding hydrogens is 248 g/mol. The van der Waals surface area contributed by atoms with E-state index in [9.17, 15) is 4.79 Å². The maximum atomic E-state index is 11.3. The van der Waals surface area contributed by atoms with Crippen LogP contribution in [0.25, 0.3) is 0 Å². The van der Waals surface area contributed by atoms with Crippen LogP contribution in [0.3, 0.4) is 0 Å². The lowest BCUT2D eigenvalue weighted by atomic mass is 9.81. The first-order valence-corrected chi connectivity index (χ1v) is 7.75. The third kappa shape index (κ3) is 4.34. The second-order valence-electron chi connectivity index (χ2n) is 6.11. The minimum atomic E-state index is -0.344. The maximum Gasteiger partial charge on any atom is 0.249 e. The fourth-order valence-corrected chi connectivity index (χ4v) is 3.06. The Bertz CT molecular complexity index is 436. The van der Waals surface area contributed by atoms with Gasteiger partial charge >= 0.3 is 0 Å². The summed E-state index contributed by atoms with van der Waals surface area (Å²) in [7, 11) is 0. The predicted molar refractivity (Wildman–Crippen MR) is 82.4 cm³/mol. The van der Waals surface area contributed by atoms with Gasteiger partial charge in [0.25, 0.3) is 0 Å². The number of carbonyl (C=O) groups excluding carboxylic acids is 1. The number of hydrogen-bond donors (Lipinski definition) is 2. The van der Waals surface area contributed by atoms with E-state index in [0.717, 1.165) is 30.5 Å². The molecule has 0 bridgehead atoms. The smallest absolute Gasteiger partial charge is 0.249 e. The molecule has 0 aliphatic heterocycles. The minimum Gasteiger partial charge on any atom is -0.366 e.